The normalized spacial score (nSPS) is 17.6. The van der Waals surface area contributed by atoms with Gasteiger partial charge >= 0.3 is 0 Å². The van der Waals surface area contributed by atoms with E-state index in [2.05, 4.69) is 43.0 Å². The predicted molar refractivity (Wildman–Crippen MR) is 99.9 cm³/mol. The zero-order valence-corrected chi connectivity index (χ0v) is 14.9. The van der Waals surface area contributed by atoms with Crippen LogP contribution in [-0.2, 0) is 11.3 Å². The summed E-state index contributed by atoms with van der Waals surface area (Å²) in [5, 5.41) is 0. The smallest absolute Gasteiger partial charge is 0.250 e. The average Bonchev–Trinajstić information content (AvgIpc) is 2.61. The monoisotopic (exact) mass is 339 g/mol. The van der Waals surface area contributed by atoms with Crippen molar-refractivity contribution >= 4 is 11.6 Å². The van der Waals surface area contributed by atoms with Crippen LogP contribution in [0, 0.1) is 6.92 Å². The summed E-state index contributed by atoms with van der Waals surface area (Å²) in [6.45, 7) is 7.00. The van der Waals surface area contributed by atoms with Crippen LogP contribution in [0.15, 0.2) is 53.5 Å². The van der Waals surface area contributed by atoms with Crippen molar-refractivity contribution in [2.45, 2.75) is 32.9 Å². The Labute approximate surface area is 148 Å². The maximum Gasteiger partial charge on any atom is 0.250 e. The molecule has 1 aliphatic rings. The van der Waals surface area contributed by atoms with Crippen LogP contribution >= 0.6 is 0 Å². The van der Waals surface area contributed by atoms with Crippen molar-refractivity contribution < 1.29 is 4.79 Å². The lowest BCUT2D eigenvalue weighted by atomic mass is 10.1. The summed E-state index contributed by atoms with van der Waals surface area (Å²) in [6.07, 6.45) is 2.09. The van der Waals surface area contributed by atoms with E-state index in [1.807, 2.05) is 11.0 Å². The zero-order chi connectivity index (χ0) is 17.8. The number of carbonyl (C=O) groups is 1. The third-order valence-corrected chi connectivity index (χ3v) is 4.81. The van der Waals surface area contributed by atoms with Gasteiger partial charge in [-0.3, -0.25) is 9.59 Å². The molecule has 1 amide bonds. The summed E-state index contributed by atoms with van der Waals surface area (Å²) in [4.78, 5) is 28.6. The molecule has 5 nitrogen and oxygen atoms in total. The van der Waals surface area contributed by atoms with Gasteiger partial charge in [-0.2, -0.15) is 0 Å². The van der Waals surface area contributed by atoms with E-state index in [1.54, 1.807) is 16.8 Å². The number of piperazine rings is 1. The number of amides is 1. The molecule has 0 N–H and O–H groups in total. The van der Waals surface area contributed by atoms with Crippen molar-refractivity contribution in [3.63, 3.8) is 0 Å². The fourth-order valence-electron chi connectivity index (χ4n) is 3.32. The van der Waals surface area contributed by atoms with Gasteiger partial charge in [-0.15, -0.1) is 0 Å². The Hall–Kier alpha value is -2.56. The molecule has 2 heterocycles. The van der Waals surface area contributed by atoms with Crippen molar-refractivity contribution in [3.05, 3.63) is 64.6 Å². The molecule has 0 radical (unpaired) electrons. The Morgan fingerprint density at radius 1 is 1.12 bits per heavy atom. The first-order valence-corrected chi connectivity index (χ1v) is 8.81. The number of anilines is 1. The molecular weight excluding hydrogens is 314 g/mol. The third kappa shape index (κ3) is 4.10. The summed E-state index contributed by atoms with van der Waals surface area (Å²) in [5.74, 6) is 0.117. The summed E-state index contributed by atoms with van der Waals surface area (Å²) in [7, 11) is 0. The van der Waals surface area contributed by atoms with E-state index in [-0.39, 0.29) is 17.5 Å². The number of pyridine rings is 1. The highest BCUT2D eigenvalue weighted by Crippen LogP contribution is 2.20. The van der Waals surface area contributed by atoms with E-state index in [1.165, 1.54) is 17.3 Å². The predicted octanol–water partition coefficient (Wildman–Crippen LogP) is 2.28. The van der Waals surface area contributed by atoms with Gasteiger partial charge < -0.3 is 14.4 Å². The van der Waals surface area contributed by atoms with Crippen LogP contribution in [0.5, 0.6) is 0 Å². The summed E-state index contributed by atoms with van der Waals surface area (Å²) in [5.41, 5.74) is 2.40. The molecule has 2 aromatic rings. The Kier molecular flexibility index (Phi) is 5.22. The molecule has 1 aliphatic heterocycles. The van der Waals surface area contributed by atoms with E-state index in [4.69, 9.17) is 0 Å². The summed E-state index contributed by atoms with van der Waals surface area (Å²) < 4.78 is 1.59. The molecule has 5 heteroatoms. The second-order valence-corrected chi connectivity index (χ2v) is 6.70. The number of rotatable bonds is 4. The minimum Gasteiger partial charge on any atom is -0.368 e. The SMILES string of the molecule is Cc1ccc(N2CCN(C(=O)CCn3ccccc3=O)C(C)C2)cc1. The van der Waals surface area contributed by atoms with Gasteiger partial charge in [-0.25, -0.2) is 0 Å². The molecule has 0 aliphatic carbocycles. The highest BCUT2D eigenvalue weighted by atomic mass is 16.2. The Morgan fingerprint density at radius 3 is 2.56 bits per heavy atom. The maximum atomic E-state index is 12.6. The minimum atomic E-state index is -0.0625. The first-order valence-electron chi connectivity index (χ1n) is 8.81. The van der Waals surface area contributed by atoms with Gasteiger partial charge in [-0.05, 0) is 32.0 Å². The Morgan fingerprint density at radius 2 is 1.88 bits per heavy atom. The molecule has 0 bridgehead atoms. The van der Waals surface area contributed by atoms with Crippen LogP contribution in [0.25, 0.3) is 0 Å². The fraction of sp³-hybridized carbons (Fsp3) is 0.400. The number of benzene rings is 1. The molecule has 0 spiro atoms. The lowest BCUT2D eigenvalue weighted by Crippen LogP contribution is -2.54. The van der Waals surface area contributed by atoms with Gasteiger partial charge in [0.1, 0.15) is 0 Å². The number of carbonyl (C=O) groups excluding carboxylic acids is 1. The third-order valence-electron chi connectivity index (χ3n) is 4.81. The minimum absolute atomic E-state index is 0.0625. The van der Waals surface area contributed by atoms with Crippen LogP contribution in [0.3, 0.4) is 0 Å². The lowest BCUT2D eigenvalue weighted by Gasteiger charge is -2.41. The molecule has 1 atom stereocenters. The molecule has 1 aromatic heterocycles. The van der Waals surface area contributed by atoms with Crippen molar-refractivity contribution in [1.82, 2.24) is 9.47 Å². The molecule has 1 saturated heterocycles. The van der Waals surface area contributed by atoms with E-state index in [0.29, 0.717) is 13.0 Å². The molecule has 0 saturated carbocycles. The summed E-state index contributed by atoms with van der Waals surface area (Å²) in [6, 6.07) is 13.7. The zero-order valence-electron chi connectivity index (χ0n) is 14.9. The highest BCUT2D eigenvalue weighted by molar-refractivity contribution is 5.77. The van der Waals surface area contributed by atoms with Crippen LogP contribution < -0.4 is 10.5 Å². The van der Waals surface area contributed by atoms with Gasteiger partial charge in [0.2, 0.25) is 5.91 Å². The Balaban J connectivity index is 1.57. The van der Waals surface area contributed by atoms with Crippen molar-refractivity contribution in [3.8, 4) is 0 Å². The second-order valence-electron chi connectivity index (χ2n) is 6.70. The van der Waals surface area contributed by atoms with Crippen molar-refractivity contribution in [1.29, 1.82) is 0 Å². The van der Waals surface area contributed by atoms with Gasteiger partial charge in [0.15, 0.2) is 0 Å². The maximum absolute atomic E-state index is 12.6. The number of aryl methyl sites for hydroxylation is 2. The van der Waals surface area contributed by atoms with Gasteiger partial charge in [0, 0.05) is 56.6 Å². The average molecular weight is 339 g/mol. The number of nitrogens with zero attached hydrogens (tertiary/aromatic N) is 3. The standard InChI is InChI=1S/C20H25N3O2/c1-16-6-8-18(9-7-16)22-13-14-23(17(2)15-22)20(25)10-12-21-11-4-3-5-19(21)24/h3-9,11,17H,10,12-15H2,1-2H3. The second kappa shape index (κ2) is 7.55. The molecule has 3 rings (SSSR count). The first-order chi connectivity index (χ1) is 12.0. The van der Waals surface area contributed by atoms with Crippen LogP contribution in [-0.4, -0.2) is 41.1 Å². The highest BCUT2D eigenvalue weighted by Gasteiger charge is 2.27. The first kappa shape index (κ1) is 17.3. The van der Waals surface area contributed by atoms with Gasteiger partial charge in [0.05, 0.1) is 0 Å². The Bertz CT molecular complexity index is 782. The molecule has 25 heavy (non-hydrogen) atoms. The van der Waals surface area contributed by atoms with Crippen molar-refractivity contribution in [2.24, 2.45) is 0 Å². The van der Waals surface area contributed by atoms with E-state index in [0.717, 1.165) is 19.6 Å². The fourth-order valence-corrected chi connectivity index (χ4v) is 3.32. The lowest BCUT2D eigenvalue weighted by molar-refractivity contribution is -0.133. The number of aromatic nitrogens is 1. The van der Waals surface area contributed by atoms with Crippen molar-refractivity contribution in [2.75, 3.05) is 24.5 Å². The van der Waals surface area contributed by atoms with E-state index in [9.17, 15) is 9.59 Å². The number of hydrogen-bond acceptors (Lipinski definition) is 3. The summed E-state index contributed by atoms with van der Waals surface area (Å²) >= 11 is 0. The van der Waals surface area contributed by atoms with Crippen LogP contribution in [0.2, 0.25) is 0 Å². The molecule has 1 aromatic carbocycles. The van der Waals surface area contributed by atoms with E-state index < -0.39 is 0 Å². The van der Waals surface area contributed by atoms with Gasteiger partial charge in [0.25, 0.3) is 5.56 Å². The van der Waals surface area contributed by atoms with Crippen LogP contribution in [0.1, 0.15) is 18.9 Å². The molecule has 1 fully saturated rings. The van der Waals surface area contributed by atoms with Crippen LogP contribution in [0.4, 0.5) is 5.69 Å². The van der Waals surface area contributed by atoms with E-state index >= 15 is 0 Å². The molecular formula is C20H25N3O2. The molecule has 132 valence electrons. The largest absolute Gasteiger partial charge is 0.368 e. The molecule has 1 unspecified atom stereocenters. The topological polar surface area (TPSA) is 45.5 Å². The quantitative estimate of drug-likeness (QED) is 0.858. The van der Waals surface area contributed by atoms with Gasteiger partial charge in [-0.1, -0.05) is 23.8 Å². The number of hydrogen-bond donors (Lipinski definition) is 0.